The highest BCUT2D eigenvalue weighted by atomic mass is 15.2. The average molecular weight is 244 g/mol. The monoisotopic (exact) mass is 244 g/mol. The van der Waals surface area contributed by atoms with Crippen molar-refractivity contribution in [3.63, 3.8) is 0 Å². The van der Waals surface area contributed by atoms with Gasteiger partial charge in [0, 0.05) is 0 Å². The van der Waals surface area contributed by atoms with Gasteiger partial charge in [0.2, 0.25) is 0 Å². The number of hydrogen-bond acceptors (Lipinski definition) is 2. The van der Waals surface area contributed by atoms with E-state index in [0.29, 0.717) is 0 Å². The van der Waals surface area contributed by atoms with Crippen LogP contribution in [0.1, 0.15) is 54.8 Å². The first-order chi connectivity index (χ1) is 8.72. The van der Waals surface area contributed by atoms with Crippen molar-refractivity contribution < 1.29 is 0 Å². The van der Waals surface area contributed by atoms with Crippen LogP contribution in [0.3, 0.4) is 0 Å². The van der Waals surface area contributed by atoms with Gasteiger partial charge in [0.1, 0.15) is 0 Å². The zero-order chi connectivity index (χ0) is 13.0. The number of hydrogen-bond donors (Lipinski definition) is 2. The number of aryl methyl sites for hydroxylation is 2. The number of nitrogens with one attached hydrogen (secondary N) is 1. The van der Waals surface area contributed by atoms with Crippen LogP contribution in [-0.4, -0.2) is 0 Å². The Kier molecular flexibility index (Phi) is 4.56. The van der Waals surface area contributed by atoms with Gasteiger partial charge < -0.3 is 0 Å². The molecular formula is C16H24N2. The van der Waals surface area contributed by atoms with E-state index in [0.717, 1.165) is 0 Å². The van der Waals surface area contributed by atoms with E-state index in [1.165, 1.54) is 54.4 Å². The molecule has 1 aromatic carbocycles. The number of hydrazine groups is 1. The molecule has 0 aromatic heterocycles. The number of benzene rings is 1. The summed E-state index contributed by atoms with van der Waals surface area (Å²) in [5.74, 6) is 5.80. The number of allylic oxidation sites excluding steroid dienone is 1. The van der Waals surface area contributed by atoms with E-state index in [-0.39, 0.29) is 6.04 Å². The number of rotatable bonds is 3. The Hall–Kier alpha value is -1.12. The summed E-state index contributed by atoms with van der Waals surface area (Å²) in [7, 11) is 0. The predicted molar refractivity (Wildman–Crippen MR) is 77.1 cm³/mol. The summed E-state index contributed by atoms with van der Waals surface area (Å²) in [6, 6.07) is 6.80. The van der Waals surface area contributed by atoms with Gasteiger partial charge in [-0.05, 0) is 50.7 Å². The molecule has 1 aliphatic carbocycles. The summed E-state index contributed by atoms with van der Waals surface area (Å²) < 4.78 is 0. The fourth-order valence-corrected chi connectivity index (χ4v) is 2.85. The van der Waals surface area contributed by atoms with Crippen LogP contribution in [0.4, 0.5) is 0 Å². The Balaban J connectivity index is 2.29. The molecule has 2 rings (SSSR count). The van der Waals surface area contributed by atoms with Crippen molar-refractivity contribution in [2.75, 3.05) is 0 Å². The zero-order valence-corrected chi connectivity index (χ0v) is 11.5. The smallest absolute Gasteiger partial charge is 0.0672 e. The molecule has 3 N–H and O–H groups in total. The van der Waals surface area contributed by atoms with Gasteiger partial charge >= 0.3 is 0 Å². The summed E-state index contributed by atoms with van der Waals surface area (Å²) >= 11 is 0. The van der Waals surface area contributed by atoms with Crippen molar-refractivity contribution in [2.45, 2.75) is 52.0 Å². The van der Waals surface area contributed by atoms with Gasteiger partial charge in [0.15, 0.2) is 0 Å². The molecule has 0 saturated carbocycles. The average Bonchev–Trinajstić information content (AvgIpc) is 2.62. The molecule has 0 spiro atoms. The highest BCUT2D eigenvalue weighted by Crippen LogP contribution is 2.30. The van der Waals surface area contributed by atoms with E-state index >= 15 is 0 Å². The minimum atomic E-state index is 0.184. The minimum absolute atomic E-state index is 0.184. The first-order valence-corrected chi connectivity index (χ1v) is 6.94. The standard InChI is InChI=1S/C16H24N2/c1-12-9-10-15(13(2)11-12)16(18-17)14-7-5-3-4-6-8-14/h7,9-11,16,18H,3-6,8,17H2,1-2H3. The van der Waals surface area contributed by atoms with Crippen molar-refractivity contribution >= 4 is 0 Å². The molecule has 1 aromatic rings. The van der Waals surface area contributed by atoms with Crippen LogP contribution >= 0.6 is 0 Å². The molecule has 0 heterocycles. The van der Waals surface area contributed by atoms with Crippen LogP contribution in [0.25, 0.3) is 0 Å². The van der Waals surface area contributed by atoms with Gasteiger partial charge in [-0.2, -0.15) is 0 Å². The fourth-order valence-electron chi connectivity index (χ4n) is 2.85. The third kappa shape index (κ3) is 3.01. The molecule has 1 unspecified atom stereocenters. The third-order valence-electron chi connectivity index (χ3n) is 3.85. The minimum Gasteiger partial charge on any atom is -0.271 e. The lowest BCUT2D eigenvalue weighted by atomic mass is 9.92. The van der Waals surface area contributed by atoms with Crippen molar-refractivity contribution in [1.82, 2.24) is 5.43 Å². The van der Waals surface area contributed by atoms with Crippen LogP contribution < -0.4 is 11.3 Å². The maximum atomic E-state index is 5.80. The fraction of sp³-hybridized carbons (Fsp3) is 0.500. The molecular weight excluding hydrogens is 220 g/mol. The van der Waals surface area contributed by atoms with Crippen LogP contribution in [0, 0.1) is 13.8 Å². The normalized spacial score (nSPS) is 18.1. The van der Waals surface area contributed by atoms with E-state index in [2.05, 4.69) is 43.5 Å². The summed E-state index contributed by atoms with van der Waals surface area (Å²) in [5.41, 5.74) is 8.41. The van der Waals surface area contributed by atoms with E-state index in [9.17, 15) is 0 Å². The van der Waals surface area contributed by atoms with Crippen molar-refractivity contribution in [1.29, 1.82) is 0 Å². The maximum Gasteiger partial charge on any atom is 0.0672 e. The summed E-state index contributed by atoms with van der Waals surface area (Å²) in [6.45, 7) is 4.30. The Morgan fingerprint density at radius 2 is 2.00 bits per heavy atom. The second-order valence-electron chi connectivity index (χ2n) is 5.34. The van der Waals surface area contributed by atoms with Crippen LogP contribution in [-0.2, 0) is 0 Å². The van der Waals surface area contributed by atoms with Crippen molar-refractivity contribution in [2.24, 2.45) is 5.84 Å². The van der Waals surface area contributed by atoms with Gasteiger partial charge in [-0.1, -0.05) is 41.8 Å². The van der Waals surface area contributed by atoms with Gasteiger partial charge in [-0.3, -0.25) is 5.84 Å². The van der Waals surface area contributed by atoms with Crippen molar-refractivity contribution in [3.8, 4) is 0 Å². The molecule has 0 fully saturated rings. The Morgan fingerprint density at radius 3 is 2.72 bits per heavy atom. The topological polar surface area (TPSA) is 38.0 Å². The molecule has 0 saturated heterocycles. The lowest BCUT2D eigenvalue weighted by Gasteiger charge is -2.22. The van der Waals surface area contributed by atoms with Crippen LogP contribution in [0.2, 0.25) is 0 Å². The maximum absolute atomic E-state index is 5.80. The third-order valence-corrected chi connectivity index (χ3v) is 3.85. The van der Waals surface area contributed by atoms with E-state index in [4.69, 9.17) is 5.84 Å². The molecule has 2 heteroatoms. The molecule has 1 atom stereocenters. The van der Waals surface area contributed by atoms with Crippen molar-refractivity contribution in [3.05, 3.63) is 46.5 Å². The van der Waals surface area contributed by atoms with Crippen LogP contribution in [0.5, 0.6) is 0 Å². The summed E-state index contributed by atoms with van der Waals surface area (Å²) in [4.78, 5) is 0. The lowest BCUT2D eigenvalue weighted by molar-refractivity contribution is 0.590. The Labute approximate surface area is 110 Å². The van der Waals surface area contributed by atoms with Gasteiger partial charge in [-0.15, -0.1) is 0 Å². The predicted octanol–water partition coefficient (Wildman–Crippen LogP) is 3.70. The van der Waals surface area contributed by atoms with E-state index < -0.39 is 0 Å². The SMILES string of the molecule is Cc1ccc(C(NN)C2=CCCCCC2)c(C)c1. The summed E-state index contributed by atoms with van der Waals surface area (Å²) in [5, 5.41) is 0. The van der Waals surface area contributed by atoms with E-state index in [1.54, 1.807) is 0 Å². The second kappa shape index (κ2) is 6.17. The number of nitrogens with two attached hydrogens (primary N) is 1. The first-order valence-electron chi connectivity index (χ1n) is 6.94. The Bertz CT molecular complexity index is 435. The highest BCUT2D eigenvalue weighted by Gasteiger charge is 2.17. The van der Waals surface area contributed by atoms with Gasteiger partial charge in [0.05, 0.1) is 6.04 Å². The molecule has 0 amide bonds. The van der Waals surface area contributed by atoms with Gasteiger partial charge in [0.25, 0.3) is 0 Å². The zero-order valence-electron chi connectivity index (χ0n) is 11.5. The highest BCUT2D eigenvalue weighted by molar-refractivity contribution is 5.37. The molecule has 1 aliphatic rings. The summed E-state index contributed by atoms with van der Waals surface area (Å²) in [6.07, 6.45) is 8.68. The van der Waals surface area contributed by atoms with E-state index in [1.807, 2.05) is 0 Å². The van der Waals surface area contributed by atoms with Crippen LogP contribution in [0.15, 0.2) is 29.8 Å². The molecule has 98 valence electrons. The molecule has 0 bridgehead atoms. The second-order valence-corrected chi connectivity index (χ2v) is 5.34. The largest absolute Gasteiger partial charge is 0.271 e. The molecule has 2 nitrogen and oxygen atoms in total. The Morgan fingerprint density at radius 1 is 1.17 bits per heavy atom. The molecule has 0 radical (unpaired) electrons. The first kappa shape index (κ1) is 13.3. The molecule has 18 heavy (non-hydrogen) atoms. The quantitative estimate of drug-likeness (QED) is 0.483. The lowest BCUT2D eigenvalue weighted by Crippen LogP contribution is -2.30. The van der Waals surface area contributed by atoms with Gasteiger partial charge in [-0.25, -0.2) is 5.43 Å². The molecule has 0 aliphatic heterocycles.